The Morgan fingerprint density at radius 1 is 0.684 bits per heavy atom. The molecular formula is C33H37N3O2. The lowest BCUT2D eigenvalue weighted by Gasteiger charge is -2.26. The molecule has 0 amide bonds. The van der Waals surface area contributed by atoms with Crippen molar-refractivity contribution in [2.75, 3.05) is 11.4 Å². The predicted molar refractivity (Wildman–Crippen MR) is 156 cm³/mol. The standard InChI is InChI=1S/C33H37N3O2/c37-32-16-8-7-15-30(32)34-35-31-20-19-29(23-33(31)38)36(21-9-1-2-10-25-11-3-4-12-25)24-26-17-18-27-13-5-6-14-28(27)22-26/h5-8,13-20,22-23,25,37-38H,1-4,9-12,21,24H2. The van der Waals surface area contributed by atoms with Crippen LogP contribution in [0.5, 0.6) is 11.5 Å². The monoisotopic (exact) mass is 507 g/mol. The summed E-state index contributed by atoms with van der Waals surface area (Å²) in [6, 6.07) is 27.4. The van der Waals surface area contributed by atoms with Crippen molar-refractivity contribution in [1.29, 1.82) is 0 Å². The third-order valence-electron chi connectivity index (χ3n) is 7.67. The minimum atomic E-state index is 0.0573. The zero-order valence-electron chi connectivity index (χ0n) is 22.0. The van der Waals surface area contributed by atoms with E-state index in [9.17, 15) is 10.2 Å². The third kappa shape index (κ3) is 6.71. The Hall–Kier alpha value is -3.86. The van der Waals surface area contributed by atoms with Crippen molar-refractivity contribution in [3.05, 3.63) is 90.5 Å². The molecule has 196 valence electrons. The molecule has 0 atom stereocenters. The summed E-state index contributed by atoms with van der Waals surface area (Å²) in [5.41, 5.74) is 2.95. The van der Waals surface area contributed by atoms with Crippen LogP contribution in [0.15, 0.2) is 95.2 Å². The van der Waals surface area contributed by atoms with Gasteiger partial charge in [-0.15, -0.1) is 10.2 Å². The molecule has 0 aliphatic heterocycles. The topological polar surface area (TPSA) is 68.4 Å². The first-order chi connectivity index (χ1) is 18.7. The van der Waals surface area contributed by atoms with Crippen LogP contribution in [0.25, 0.3) is 10.8 Å². The highest BCUT2D eigenvalue weighted by atomic mass is 16.3. The van der Waals surface area contributed by atoms with E-state index in [1.807, 2.05) is 6.07 Å². The fraction of sp³-hybridized carbons (Fsp3) is 0.333. The lowest BCUT2D eigenvalue weighted by molar-refractivity contribution is 0.467. The van der Waals surface area contributed by atoms with E-state index in [1.54, 1.807) is 36.4 Å². The van der Waals surface area contributed by atoms with E-state index in [-0.39, 0.29) is 11.5 Å². The number of hydrogen-bond donors (Lipinski definition) is 2. The van der Waals surface area contributed by atoms with Crippen molar-refractivity contribution in [3.8, 4) is 11.5 Å². The fourth-order valence-corrected chi connectivity index (χ4v) is 5.52. The summed E-state index contributed by atoms with van der Waals surface area (Å²) in [4.78, 5) is 2.35. The highest BCUT2D eigenvalue weighted by Gasteiger charge is 2.15. The van der Waals surface area contributed by atoms with Gasteiger partial charge in [-0.1, -0.05) is 93.5 Å². The molecule has 0 aromatic heterocycles. The highest BCUT2D eigenvalue weighted by Crippen LogP contribution is 2.35. The van der Waals surface area contributed by atoms with Gasteiger partial charge in [0.2, 0.25) is 0 Å². The average molecular weight is 508 g/mol. The van der Waals surface area contributed by atoms with E-state index in [0.717, 1.165) is 31.1 Å². The van der Waals surface area contributed by atoms with Crippen molar-refractivity contribution < 1.29 is 10.2 Å². The quantitative estimate of drug-likeness (QED) is 0.157. The van der Waals surface area contributed by atoms with Crippen LogP contribution in [0.1, 0.15) is 56.9 Å². The molecule has 5 rings (SSSR count). The van der Waals surface area contributed by atoms with E-state index in [0.29, 0.717) is 11.4 Å². The molecule has 0 heterocycles. The fourth-order valence-electron chi connectivity index (χ4n) is 5.52. The molecular weight excluding hydrogens is 470 g/mol. The van der Waals surface area contributed by atoms with Gasteiger partial charge in [-0.05, 0) is 59.0 Å². The summed E-state index contributed by atoms with van der Waals surface area (Å²) in [6.45, 7) is 1.70. The SMILES string of the molecule is Oc1ccccc1N=Nc1ccc(N(CCCCCC2CCCC2)Cc2ccc3ccccc3c2)cc1O. The number of benzene rings is 4. The number of rotatable bonds is 11. The summed E-state index contributed by atoms with van der Waals surface area (Å²) >= 11 is 0. The second-order valence-corrected chi connectivity index (χ2v) is 10.5. The summed E-state index contributed by atoms with van der Waals surface area (Å²) in [6.07, 6.45) is 10.7. The maximum absolute atomic E-state index is 10.8. The van der Waals surface area contributed by atoms with Gasteiger partial charge in [-0.3, -0.25) is 0 Å². The summed E-state index contributed by atoms with van der Waals surface area (Å²) in [5.74, 6) is 1.08. The van der Waals surface area contributed by atoms with Gasteiger partial charge in [0.1, 0.15) is 22.9 Å². The number of unbranched alkanes of at least 4 members (excludes halogenated alkanes) is 2. The number of fused-ring (bicyclic) bond motifs is 1. The number of hydrogen-bond acceptors (Lipinski definition) is 5. The molecule has 38 heavy (non-hydrogen) atoms. The third-order valence-corrected chi connectivity index (χ3v) is 7.67. The normalized spacial score (nSPS) is 14.0. The predicted octanol–water partition coefficient (Wildman–Crippen LogP) is 9.42. The molecule has 0 unspecified atom stereocenters. The Kier molecular flexibility index (Phi) is 8.54. The number of phenolic OH excluding ortho intramolecular Hbond substituents is 2. The maximum atomic E-state index is 10.8. The number of aromatic hydroxyl groups is 2. The lowest BCUT2D eigenvalue weighted by atomic mass is 10.00. The number of anilines is 1. The number of para-hydroxylation sites is 1. The van der Waals surface area contributed by atoms with Gasteiger partial charge < -0.3 is 15.1 Å². The molecule has 4 aromatic carbocycles. The molecule has 1 saturated carbocycles. The molecule has 5 nitrogen and oxygen atoms in total. The number of azo groups is 1. The van der Waals surface area contributed by atoms with Gasteiger partial charge >= 0.3 is 0 Å². The largest absolute Gasteiger partial charge is 0.506 e. The van der Waals surface area contributed by atoms with Gasteiger partial charge in [0.15, 0.2) is 0 Å². The summed E-state index contributed by atoms with van der Waals surface area (Å²) < 4.78 is 0. The number of nitrogens with zero attached hydrogens (tertiary/aromatic N) is 3. The molecule has 1 aliphatic carbocycles. The summed E-state index contributed by atoms with van der Waals surface area (Å²) in [5, 5.41) is 31.5. The van der Waals surface area contributed by atoms with Crippen LogP contribution in [0.2, 0.25) is 0 Å². The second-order valence-electron chi connectivity index (χ2n) is 10.5. The molecule has 2 N–H and O–H groups in total. The molecule has 0 saturated heterocycles. The van der Waals surface area contributed by atoms with Crippen molar-refractivity contribution in [3.63, 3.8) is 0 Å². The first kappa shape index (κ1) is 25.8. The van der Waals surface area contributed by atoms with Crippen LogP contribution < -0.4 is 4.90 Å². The van der Waals surface area contributed by atoms with E-state index < -0.39 is 0 Å². The maximum Gasteiger partial charge on any atom is 0.145 e. The molecule has 1 aliphatic rings. The van der Waals surface area contributed by atoms with Crippen LogP contribution in [-0.2, 0) is 6.54 Å². The van der Waals surface area contributed by atoms with Gasteiger partial charge in [0.05, 0.1) is 0 Å². The van der Waals surface area contributed by atoms with Crippen LogP contribution in [0.4, 0.5) is 17.1 Å². The number of phenols is 2. The zero-order chi connectivity index (χ0) is 26.2. The Labute approximate surface area is 225 Å². The Morgan fingerprint density at radius 2 is 1.42 bits per heavy atom. The molecule has 4 aromatic rings. The van der Waals surface area contributed by atoms with E-state index in [1.165, 1.54) is 61.3 Å². The van der Waals surface area contributed by atoms with Crippen LogP contribution in [0, 0.1) is 5.92 Å². The van der Waals surface area contributed by atoms with Crippen molar-refractivity contribution >= 4 is 27.8 Å². The zero-order valence-corrected chi connectivity index (χ0v) is 22.0. The second kappa shape index (κ2) is 12.6. The molecule has 0 spiro atoms. The van der Waals surface area contributed by atoms with E-state index >= 15 is 0 Å². The first-order valence-electron chi connectivity index (χ1n) is 13.9. The molecule has 5 heteroatoms. The van der Waals surface area contributed by atoms with Gasteiger partial charge in [-0.2, -0.15) is 0 Å². The van der Waals surface area contributed by atoms with E-state index in [4.69, 9.17) is 0 Å². The van der Waals surface area contributed by atoms with Crippen LogP contribution in [-0.4, -0.2) is 16.8 Å². The Balaban J connectivity index is 1.30. The average Bonchev–Trinajstić information content (AvgIpc) is 3.46. The minimum Gasteiger partial charge on any atom is -0.506 e. The van der Waals surface area contributed by atoms with E-state index in [2.05, 4.69) is 57.6 Å². The first-order valence-corrected chi connectivity index (χ1v) is 13.9. The minimum absolute atomic E-state index is 0.0573. The Bertz CT molecular complexity index is 1380. The van der Waals surface area contributed by atoms with Gasteiger partial charge in [0.25, 0.3) is 0 Å². The van der Waals surface area contributed by atoms with Gasteiger partial charge in [-0.25, -0.2) is 0 Å². The van der Waals surface area contributed by atoms with Gasteiger partial charge in [0, 0.05) is 24.8 Å². The molecule has 1 fully saturated rings. The van der Waals surface area contributed by atoms with Crippen molar-refractivity contribution in [1.82, 2.24) is 0 Å². The van der Waals surface area contributed by atoms with Crippen LogP contribution >= 0.6 is 0 Å². The van der Waals surface area contributed by atoms with Crippen molar-refractivity contribution in [2.45, 2.75) is 57.9 Å². The lowest BCUT2D eigenvalue weighted by Crippen LogP contribution is -2.24. The summed E-state index contributed by atoms with van der Waals surface area (Å²) in [7, 11) is 0. The van der Waals surface area contributed by atoms with Crippen molar-refractivity contribution in [2.24, 2.45) is 16.1 Å². The molecule has 0 bridgehead atoms. The molecule has 0 radical (unpaired) electrons. The smallest absolute Gasteiger partial charge is 0.145 e. The highest BCUT2D eigenvalue weighted by molar-refractivity contribution is 5.83. The Morgan fingerprint density at radius 3 is 2.21 bits per heavy atom. The van der Waals surface area contributed by atoms with Crippen LogP contribution in [0.3, 0.4) is 0 Å².